The largest absolute Gasteiger partial charge is 0.472 e. The highest BCUT2D eigenvalue weighted by molar-refractivity contribution is 6.30. The van der Waals surface area contributed by atoms with Crippen molar-refractivity contribution in [1.29, 1.82) is 0 Å². The number of hydrogen-bond donors (Lipinski definition) is 2. The van der Waals surface area contributed by atoms with Crippen molar-refractivity contribution >= 4 is 17.4 Å². The Kier molecular flexibility index (Phi) is 5.78. The van der Waals surface area contributed by atoms with Gasteiger partial charge in [0.25, 0.3) is 0 Å². The summed E-state index contributed by atoms with van der Waals surface area (Å²) in [4.78, 5) is 8.38. The van der Waals surface area contributed by atoms with E-state index in [9.17, 15) is 5.11 Å². The molecule has 2 aromatic rings. The van der Waals surface area contributed by atoms with E-state index in [4.69, 9.17) is 16.3 Å². The van der Waals surface area contributed by atoms with Crippen molar-refractivity contribution in [3.8, 4) is 5.88 Å². The first-order valence-electron chi connectivity index (χ1n) is 6.78. The van der Waals surface area contributed by atoms with E-state index in [2.05, 4.69) is 15.3 Å². The number of aliphatic hydroxyl groups excluding tert-OH is 1. The van der Waals surface area contributed by atoms with Gasteiger partial charge in [-0.25, -0.2) is 0 Å². The molecule has 0 radical (unpaired) electrons. The summed E-state index contributed by atoms with van der Waals surface area (Å²) in [6.07, 6.45) is 3.95. The molecule has 0 fully saturated rings. The summed E-state index contributed by atoms with van der Waals surface area (Å²) in [6, 6.07) is 7.42. The van der Waals surface area contributed by atoms with Crippen molar-refractivity contribution in [3.63, 3.8) is 0 Å². The van der Waals surface area contributed by atoms with Gasteiger partial charge < -0.3 is 15.2 Å². The van der Waals surface area contributed by atoms with E-state index < -0.39 is 0 Å². The van der Waals surface area contributed by atoms with Gasteiger partial charge in [-0.3, -0.25) is 4.98 Å². The molecule has 112 valence electrons. The van der Waals surface area contributed by atoms with Crippen molar-refractivity contribution in [2.45, 2.75) is 26.0 Å². The first-order valence-corrected chi connectivity index (χ1v) is 7.15. The zero-order chi connectivity index (χ0) is 15.1. The summed E-state index contributed by atoms with van der Waals surface area (Å²) in [5.74, 6) is 1.01. The Morgan fingerprint density at radius 1 is 1.38 bits per heavy atom. The van der Waals surface area contributed by atoms with E-state index in [-0.39, 0.29) is 12.6 Å². The SMILES string of the molecule is CC[C@H](CO)Nc1cncc(OCc2cccc(Cl)c2)n1. The van der Waals surface area contributed by atoms with Crippen LogP contribution < -0.4 is 10.1 Å². The fourth-order valence-corrected chi connectivity index (χ4v) is 1.97. The van der Waals surface area contributed by atoms with Gasteiger partial charge >= 0.3 is 0 Å². The predicted molar refractivity (Wildman–Crippen MR) is 82.6 cm³/mol. The maximum Gasteiger partial charge on any atom is 0.234 e. The molecular formula is C15H18ClN3O2. The monoisotopic (exact) mass is 307 g/mol. The Morgan fingerprint density at radius 3 is 2.95 bits per heavy atom. The lowest BCUT2D eigenvalue weighted by Gasteiger charge is -2.14. The molecule has 2 rings (SSSR count). The van der Waals surface area contributed by atoms with Crippen LogP contribution in [0.3, 0.4) is 0 Å². The van der Waals surface area contributed by atoms with Crippen LogP contribution in [0, 0.1) is 0 Å². The van der Waals surface area contributed by atoms with Gasteiger partial charge in [0.05, 0.1) is 25.0 Å². The summed E-state index contributed by atoms with van der Waals surface area (Å²) >= 11 is 5.92. The van der Waals surface area contributed by atoms with Gasteiger partial charge in [-0.15, -0.1) is 0 Å². The molecule has 0 saturated carbocycles. The smallest absolute Gasteiger partial charge is 0.234 e. The molecule has 0 unspecified atom stereocenters. The first kappa shape index (κ1) is 15.5. The van der Waals surface area contributed by atoms with E-state index in [1.165, 1.54) is 0 Å². The molecule has 5 nitrogen and oxygen atoms in total. The molecule has 6 heteroatoms. The number of nitrogens with zero attached hydrogens (tertiary/aromatic N) is 2. The minimum atomic E-state index is -0.0394. The number of aliphatic hydroxyl groups is 1. The molecule has 0 aliphatic carbocycles. The topological polar surface area (TPSA) is 67.3 Å². The highest BCUT2D eigenvalue weighted by Crippen LogP contribution is 2.15. The van der Waals surface area contributed by atoms with Gasteiger partial charge in [-0.05, 0) is 24.1 Å². The summed E-state index contributed by atoms with van der Waals surface area (Å²) in [5, 5.41) is 13.0. The number of halogens is 1. The van der Waals surface area contributed by atoms with Crippen LogP contribution in [0.1, 0.15) is 18.9 Å². The Labute approximate surface area is 129 Å². The Morgan fingerprint density at radius 2 is 2.24 bits per heavy atom. The minimum absolute atomic E-state index is 0.0394. The third kappa shape index (κ3) is 4.88. The summed E-state index contributed by atoms with van der Waals surface area (Å²) in [5.41, 5.74) is 0.962. The van der Waals surface area contributed by atoms with Gasteiger partial charge in [-0.2, -0.15) is 4.98 Å². The van der Waals surface area contributed by atoms with Crippen LogP contribution >= 0.6 is 11.6 Å². The molecule has 0 amide bonds. The number of aromatic nitrogens is 2. The van der Waals surface area contributed by atoms with E-state index >= 15 is 0 Å². The summed E-state index contributed by atoms with van der Waals surface area (Å²) in [7, 11) is 0. The minimum Gasteiger partial charge on any atom is -0.472 e. The molecule has 0 aliphatic heterocycles. The zero-order valence-corrected chi connectivity index (χ0v) is 12.5. The number of nitrogens with one attached hydrogen (secondary N) is 1. The predicted octanol–water partition coefficient (Wildman–Crippen LogP) is 2.89. The quantitative estimate of drug-likeness (QED) is 0.823. The van der Waals surface area contributed by atoms with Crippen LogP contribution in [-0.4, -0.2) is 27.7 Å². The van der Waals surface area contributed by atoms with E-state index in [0.717, 1.165) is 12.0 Å². The lowest BCUT2D eigenvalue weighted by Crippen LogP contribution is -2.23. The number of hydrogen-bond acceptors (Lipinski definition) is 5. The molecule has 21 heavy (non-hydrogen) atoms. The molecule has 2 N–H and O–H groups in total. The van der Waals surface area contributed by atoms with Crippen molar-refractivity contribution in [1.82, 2.24) is 9.97 Å². The lowest BCUT2D eigenvalue weighted by molar-refractivity contribution is 0.271. The fraction of sp³-hybridized carbons (Fsp3) is 0.333. The molecule has 0 aliphatic rings. The van der Waals surface area contributed by atoms with Crippen LogP contribution in [0.2, 0.25) is 5.02 Å². The molecular weight excluding hydrogens is 290 g/mol. The van der Waals surface area contributed by atoms with Gasteiger partial charge in [0.1, 0.15) is 12.4 Å². The van der Waals surface area contributed by atoms with Crippen LogP contribution in [-0.2, 0) is 6.61 Å². The van der Waals surface area contributed by atoms with Crippen LogP contribution in [0.4, 0.5) is 5.82 Å². The number of ether oxygens (including phenoxy) is 1. The average molecular weight is 308 g/mol. The van der Waals surface area contributed by atoms with Crippen LogP contribution in [0.25, 0.3) is 0 Å². The van der Waals surface area contributed by atoms with E-state index in [0.29, 0.717) is 23.3 Å². The number of benzene rings is 1. The second-order valence-corrected chi connectivity index (χ2v) is 5.03. The van der Waals surface area contributed by atoms with Crippen LogP contribution in [0.15, 0.2) is 36.7 Å². The number of anilines is 1. The van der Waals surface area contributed by atoms with Gasteiger partial charge in [-0.1, -0.05) is 30.7 Å². The Bertz CT molecular complexity index is 576. The molecule has 1 atom stereocenters. The Balaban J connectivity index is 1.97. The van der Waals surface area contributed by atoms with Crippen molar-refractivity contribution < 1.29 is 9.84 Å². The van der Waals surface area contributed by atoms with Gasteiger partial charge in [0, 0.05) is 5.02 Å². The summed E-state index contributed by atoms with van der Waals surface area (Å²) in [6.45, 7) is 2.41. The number of rotatable bonds is 7. The standard InChI is InChI=1S/C15H18ClN3O2/c1-2-13(9-20)18-14-7-17-8-15(19-14)21-10-11-4-3-5-12(16)6-11/h3-8,13,20H,2,9-10H2,1H3,(H,18,19)/t13-/m1/s1. The summed E-state index contributed by atoms with van der Waals surface area (Å²) < 4.78 is 5.60. The molecule has 1 aromatic carbocycles. The fourth-order valence-electron chi connectivity index (χ4n) is 1.76. The molecule has 0 spiro atoms. The second kappa shape index (κ2) is 7.81. The third-order valence-electron chi connectivity index (χ3n) is 2.95. The molecule has 0 saturated heterocycles. The normalized spacial score (nSPS) is 12.0. The highest BCUT2D eigenvalue weighted by atomic mass is 35.5. The second-order valence-electron chi connectivity index (χ2n) is 4.59. The maximum atomic E-state index is 9.18. The van der Waals surface area contributed by atoms with E-state index in [1.54, 1.807) is 12.4 Å². The average Bonchev–Trinajstić information content (AvgIpc) is 2.51. The Hall–Kier alpha value is -1.85. The van der Waals surface area contributed by atoms with Crippen molar-refractivity contribution in [2.75, 3.05) is 11.9 Å². The highest BCUT2D eigenvalue weighted by Gasteiger charge is 2.06. The zero-order valence-electron chi connectivity index (χ0n) is 11.8. The van der Waals surface area contributed by atoms with Crippen LogP contribution in [0.5, 0.6) is 5.88 Å². The van der Waals surface area contributed by atoms with Crippen molar-refractivity contribution in [2.24, 2.45) is 0 Å². The first-order chi connectivity index (χ1) is 10.2. The maximum absolute atomic E-state index is 9.18. The van der Waals surface area contributed by atoms with E-state index in [1.807, 2.05) is 31.2 Å². The molecule has 1 aromatic heterocycles. The molecule has 0 bridgehead atoms. The van der Waals surface area contributed by atoms with Gasteiger partial charge in [0.15, 0.2) is 0 Å². The van der Waals surface area contributed by atoms with Crippen molar-refractivity contribution in [3.05, 3.63) is 47.2 Å². The van der Waals surface area contributed by atoms with Gasteiger partial charge in [0.2, 0.25) is 5.88 Å². The molecule has 1 heterocycles. The lowest BCUT2D eigenvalue weighted by atomic mass is 10.2. The third-order valence-corrected chi connectivity index (χ3v) is 3.19.